The Labute approximate surface area is 235 Å². The highest BCUT2D eigenvalue weighted by Crippen LogP contribution is 2.38. The van der Waals surface area contributed by atoms with Gasteiger partial charge in [-0.1, -0.05) is 24.8 Å². The number of hydrogen-bond acceptors (Lipinski definition) is 9. The molecule has 1 unspecified atom stereocenters. The van der Waals surface area contributed by atoms with E-state index in [2.05, 4.69) is 61.9 Å². The number of aliphatic hydroxyl groups excluding tert-OH is 1. The van der Waals surface area contributed by atoms with Gasteiger partial charge in [0.15, 0.2) is 0 Å². The molecule has 0 saturated carbocycles. The number of aliphatic hydroxyl groups is 1. The third-order valence-electron chi connectivity index (χ3n) is 6.82. The molecule has 0 aliphatic rings. The van der Waals surface area contributed by atoms with Crippen molar-refractivity contribution in [2.45, 2.75) is 6.23 Å². The van der Waals surface area contributed by atoms with Crippen molar-refractivity contribution in [2.75, 3.05) is 70.1 Å². The van der Waals surface area contributed by atoms with E-state index < -0.39 is 6.23 Å². The summed E-state index contributed by atoms with van der Waals surface area (Å²) in [6.45, 7) is 6.81. The van der Waals surface area contributed by atoms with Gasteiger partial charge < -0.3 is 39.6 Å². The maximum Gasteiger partial charge on any atom is 0.227 e. The Bertz CT molecular complexity index is 1440. The molecule has 0 aliphatic heterocycles. The molecule has 0 saturated heterocycles. The maximum atomic E-state index is 10.3. The summed E-state index contributed by atoms with van der Waals surface area (Å²) in [7, 11) is 9.43. The van der Waals surface area contributed by atoms with E-state index in [4.69, 9.17) is 14.5 Å². The molecule has 0 fully saturated rings. The first kappa shape index (κ1) is 28.9. The summed E-state index contributed by atoms with van der Waals surface area (Å²) in [5.41, 5.74) is 5.21. The Balaban J connectivity index is 1.64. The van der Waals surface area contributed by atoms with E-state index in [-0.39, 0.29) is 0 Å². The molecule has 4 rings (SSSR count). The van der Waals surface area contributed by atoms with E-state index in [1.54, 1.807) is 20.4 Å². The molecule has 0 radical (unpaired) electrons. The molecule has 3 N–H and O–H groups in total. The summed E-state index contributed by atoms with van der Waals surface area (Å²) in [6.07, 6.45) is 4.33. The zero-order chi connectivity index (χ0) is 28.6. The molecule has 40 heavy (non-hydrogen) atoms. The molecule has 1 atom stereocenters. The number of benzene rings is 2. The Hall–Kier alpha value is -4.12. The minimum Gasteiger partial charge on any atom is -0.494 e. The summed E-state index contributed by atoms with van der Waals surface area (Å²) >= 11 is 0. The lowest BCUT2D eigenvalue weighted by atomic mass is 10.1. The highest BCUT2D eigenvalue weighted by molar-refractivity contribution is 5.95. The van der Waals surface area contributed by atoms with E-state index in [0.717, 1.165) is 47.5 Å². The lowest BCUT2D eigenvalue weighted by Crippen LogP contribution is -2.33. The second kappa shape index (κ2) is 13.3. The van der Waals surface area contributed by atoms with Crippen molar-refractivity contribution >= 4 is 33.9 Å². The summed E-state index contributed by atoms with van der Waals surface area (Å²) in [5.74, 6) is 1.05. The third-order valence-corrected chi connectivity index (χ3v) is 6.82. The average molecular weight is 546 g/mol. The molecule has 10 nitrogen and oxygen atoms in total. The number of aromatic nitrogens is 3. The van der Waals surface area contributed by atoms with Crippen LogP contribution in [0.3, 0.4) is 0 Å². The summed E-state index contributed by atoms with van der Waals surface area (Å²) < 4.78 is 13.0. The predicted molar refractivity (Wildman–Crippen MR) is 163 cm³/mol. The SMILES string of the molecule is C=CC(O)Nc1cc(Nc2nccc(-c3cn(C)c4ccccc34)n2)c(OC)cc1N(C)CCN(C)CCOC. The lowest BCUT2D eigenvalue weighted by Gasteiger charge is -2.27. The van der Waals surface area contributed by atoms with Crippen LogP contribution in [0.4, 0.5) is 23.0 Å². The smallest absolute Gasteiger partial charge is 0.227 e. The van der Waals surface area contributed by atoms with E-state index in [0.29, 0.717) is 29.7 Å². The van der Waals surface area contributed by atoms with Crippen LogP contribution in [0, 0.1) is 0 Å². The highest BCUT2D eigenvalue weighted by Gasteiger charge is 2.17. The van der Waals surface area contributed by atoms with Gasteiger partial charge in [-0.2, -0.15) is 0 Å². The van der Waals surface area contributed by atoms with Crippen LogP contribution in [-0.2, 0) is 11.8 Å². The van der Waals surface area contributed by atoms with Gasteiger partial charge in [0.2, 0.25) is 5.95 Å². The molecule has 0 amide bonds. The quantitative estimate of drug-likeness (QED) is 0.158. The fourth-order valence-electron chi connectivity index (χ4n) is 4.52. The summed E-state index contributed by atoms with van der Waals surface area (Å²) in [6, 6.07) is 14.0. The summed E-state index contributed by atoms with van der Waals surface area (Å²) in [4.78, 5) is 13.6. The van der Waals surface area contributed by atoms with Crippen LogP contribution in [0.25, 0.3) is 22.2 Å². The minimum atomic E-state index is -0.927. The summed E-state index contributed by atoms with van der Waals surface area (Å²) in [5, 5.41) is 17.9. The molecule has 0 bridgehead atoms. The Morgan fingerprint density at radius 3 is 2.65 bits per heavy atom. The van der Waals surface area contributed by atoms with E-state index in [1.165, 1.54) is 6.08 Å². The number of aryl methyl sites for hydroxylation is 1. The van der Waals surface area contributed by atoms with Crippen molar-refractivity contribution in [3.63, 3.8) is 0 Å². The topological polar surface area (TPSA) is 99.9 Å². The normalized spacial score (nSPS) is 12.0. The van der Waals surface area contributed by atoms with Gasteiger partial charge in [0, 0.05) is 75.8 Å². The van der Waals surface area contributed by atoms with Crippen molar-refractivity contribution < 1.29 is 14.6 Å². The van der Waals surface area contributed by atoms with Crippen molar-refractivity contribution in [1.82, 2.24) is 19.4 Å². The molecule has 0 spiro atoms. The largest absolute Gasteiger partial charge is 0.494 e. The molecule has 0 aliphatic carbocycles. The van der Waals surface area contributed by atoms with Crippen LogP contribution in [0.2, 0.25) is 0 Å². The van der Waals surface area contributed by atoms with Crippen LogP contribution in [0.5, 0.6) is 5.75 Å². The second-order valence-corrected chi connectivity index (χ2v) is 9.67. The fourth-order valence-corrected chi connectivity index (χ4v) is 4.52. The fraction of sp³-hybridized carbons (Fsp3) is 0.333. The minimum absolute atomic E-state index is 0.430. The van der Waals surface area contributed by atoms with Crippen molar-refractivity contribution in [3.8, 4) is 17.0 Å². The van der Waals surface area contributed by atoms with Crippen molar-refractivity contribution in [2.24, 2.45) is 7.05 Å². The number of para-hydroxylation sites is 1. The second-order valence-electron chi connectivity index (χ2n) is 9.67. The first-order valence-corrected chi connectivity index (χ1v) is 13.2. The van der Waals surface area contributed by atoms with E-state index in [9.17, 15) is 5.11 Å². The Kier molecular flexibility index (Phi) is 9.60. The van der Waals surface area contributed by atoms with Gasteiger partial charge in [-0.05, 0) is 31.3 Å². The van der Waals surface area contributed by atoms with Gasteiger partial charge in [0.05, 0.1) is 36.5 Å². The predicted octanol–water partition coefficient (Wildman–Crippen LogP) is 4.32. The van der Waals surface area contributed by atoms with Gasteiger partial charge in [-0.25, -0.2) is 9.97 Å². The zero-order valence-electron chi connectivity index (χ0n) is 23.9. The maximum absolute atomic E-state index is 10.3. The Morgan fingerprint density at radius 1 is 1.10 bits per heavy atom. The number of hydrogen-bond donors (Lipinski definition) is 3. The van der Waals surface area contributed by atoms with E-state index >= 15 is 0 Å². The van der Waals surface area contributed by atoms with Crippen molar-refractivity contribution in [1.29, 1.82) is 0 Å². The molecule has 2 aromatic carbocycles. The van der Waals surface area contributed by atoms with Crippen LogP contribution in [-0.4, -0.2) is 85.3 Å². The first-order valence-electron chi connectivity index (χ1n) is 13.2. The lowest BCUT2D eigenvalue weighted by molar-refractivity contribution is 0.162. The monoisotopic (exact) mass is 545 g/mol. The van der Waals surface area contributed by atoms with Gasteiger partial charge in [-0.3, -0.25) is 0 Å². The Morgan fingerprint density at radius 2 is 1.90 bits per heavy atom. The standard InChI is InChI=1S/C30H39N7O3/c1-7-29(38)32-24-18-25(28(40-6)19-27(24)36(3)15-14-35(2)16-17-39-5)34-30-31-13-12-23(33-30)22-20-37(4)26-11-9-8-10-21(22)26/h7-13,18-20,29,32,38H,1,14-17H2,2-6H3,(H,31,33,34). The molecule has 10 heteroatoms. The first-order chi connectivity index (χ1) is 19.3. The third kappa shape index (κ3) is 6.71. The number of nitrogens with zero attached hydrogens (tertiary/aromatic N) is 5. The van der Waals surface area contributed by atoms with Gasteiger partial charge >= 0.3 is 0 Å². The van der Waals surface area contributed by atoms with Gasteiger partial charge in [0.1, 0.15) is 12.0 Å². The number of fused-ring (bicyclic) bond motifs is 1. The number of ether oxygens (including phenoxy) is 2. The molecular weight excluding hydrogens is 506 g/mol. The number of nitrogens with one attached hydrogen (secondary N) is 2. The zero-order valence-corrected chi connectivity index (χ0v) is 23.9. The van der Waals surface area contributed by atoms with Crippen LogP contribution in [0.1, 0.15) is 0 Å². The molecule has 212 valence electrons. The highest BCUT2D eigenvalue weighted by atomic mass is 16.5. The number of rotatable bonds is 14. The molecule has 4 aromatic rings. The van der Waals surface area contributed by atoms with Gasteiger partial charge in [0.25, 0.3) is 0 Å². The number of methoxy groups -OCH3 is 2. The molecular formula is C30H39N7O3. The number of likely N-dealkylation sites (N-methyl/N-ethyl adjacent to an activating group) is 2. The molecule has 2 aromatic heterocycles. The average Bonchev–Trinajstić information content (AvgIpc) is 3.31. The number of anilines is 4. The van der Waals surface area contributed by atoms with Gasteiger partial charge in [-0.15, -0.1) is 0 Å². The van der Waals surface area contributed by atoms with E-state index in [1.807, 2.05) is 44.4 Å². The van der Waals surface area contributed by atoms with Crippen LogP contribution >= 0.6 is 0 Å². The van der Waals surface area contributed by atoms with Crippen LogP contribution < -0.4 is 20.3 Å². The molecule has 2 heterocycles. The van der Waals surface area contributed by atoms with Crippen LogP contribution in [0.15, 0.2) is 67.5 Å². The van der Waals surface area contributed by atoms with Crippen molar-refractivity contribution in [3.05, 3.63) is 67.5 Å².